The average molecular weight is 1230 g/mol. The summed E-state index contributed by atoms with van der Waals surface area (Å²) in [5.74, 6) is -4.25. The summed E-state index contributed by atoms with van der Waals surface area (Å²) in [4.78, 5) is 147. The van der Waals surface area contributed by atoms with Crippen molar-refractivity contribution in [2.75, 3.05) is 72.3 Å². The number of benzene rings is 3. The van der Waals surface area contributed by atoms with Gasteiger partial charge in [0.1, 0.15) is 23.9 Å². The van der Waals surface area contributed by atoms with Crippen LogP contribution in [0.1, 0.15) is 132 Å². The van der Waals surface area contributed by atoms with Crippen molar-refractivity contribution in [3.8, 4) is 0 Å². The fraction of sp³-hybridized carbons (Fsp3) is 0.455. The normalized spacial score (nSPS) is 18.6. The van der Waals surface area contributed by atoms with Gasteiger partial charge in [-0.15, -0.1) is 4.48 Å². The molecule has 3 aromatic carbocycles. The predicted molar refractivity (Wildman–Crippen MR) is 294 cm³/mol. The van der Waals surface area contributed by atoms with Crippen LogP contribution in [0, 0.1) is 5.82 Å². The second-order valence-electron chi connectivity index (χ2n) is 19.1. The van der Waals surface area contributed by atoms with Gasteiger partial charge in [-0.3, -0.25) is 92.4 Å². The van der Waals surface area contributed by atoms with Gasteiger partial charge in [-0.05, 0) is 98.5 Å². The van der Waals surface area contributed by atoms with Crippen molar-refractivity contribution >= 4 is 81.0 Å². The van der Waals surface area contributed by atoms with Gasteiger partial charge in [-0.1, -0.05) is 19.6 Å². The Morgan fingerprint density at radius 2 is 0.837 bits per heavy atom. The molecule has 6 heterocycles. The van der Waals surface area contributed by atoms with Gasteiger partial charge in [0.25, 0.3) is 45.6 Å². The van der Waals surface area contributed by atoms with Gasteiger partial charge in [0, 0.05) is 39.0 Å². The molecule has 28 nitrogen and oxygen atoms in total. The maximum atomic E-state index is 13.2. The lowest BCUT2D eigenvalue weighted by atomic mass is 10.0. The first-order chi connectivity index (χ1) is 40.6. The molecule has 0 radical (unpaired) electrons. The monoisotopic (exact) mass is 1230 g/mol. The largest absolute Gasteiger partial charge is 0.394 e. The van der Waals surface area contributed by atoms with Crippen molar-refractivity contribution < 1.29 is 103 Å². The lowest BCUT2D eigenvalue weighted by molar-refractivity contribution is -0.137. The second kappa shape index (κ2) is 33.6. The number of rotatable bonds is 21. The van der Waals surface area contributed by atoms with Crippen LogP contribution in [0.5, 0.6) is 0 Å². The molecule has 6 aliphatic heterocycles. The third-order valence-electron chi connectivity index (χ3n) is 13.2. The average Bonchev–Trinajstić information content (AvgIpc) is 1.92. The molecule has 31 heteroatoms. The molecule has 6 aliphatic rings. The van der Waals surface area contributed by atoms with Crippen LogP contribution >= 0.6 is 0 Å². The number of halogens is 2. The van der Waals surface area contributed by atoms with Gasteiger partial charge in [-0.2, -0.15) is 14.4 Å². The van der Waals surface area contributed by atoms with Crippen molar-refractivity contribution in [3.63, 3.8) is 0 Å². The zero-order valence-corrected chi connectivity index (χ0v) is 46.8. The summed E-state index contributed by atoms with van der Waals surface area (Å²) < 4.78 is 63.7. The van der Waals surface area contributed by atoms with Gasteiger partial charge in [0.2, 0.25) is 35.4 Å². The Balaban J connectivity index is 0.000000260. The van der Waals surface area contributed by atoms with Crippen molar-refractivity contribution in [3.05, 3.63) is 105 Å². The van der Waals surface area contributed by atoms with Crippen LogP contribution in [0.4, 0.5) is 8.87 Å². The molecular weight excluding hydrogens is 1160 g/mol. The minimum atomic E-state index is -3.48. The quantitative estimate of drug-likeness (QED) is 0.0311. The number of carbonyl (C=O) groups excluding carboxylic acids is 12. The molecule has 468 valence electrons. The molecule has 0 aromatic heterocycles. The molecule has 3 unspecified atom stereocenters. The third kappa shape index (κ3) is 18.5. The fourth-order valence-electron chi connectivity index (χ4n) is 9.31. The highest BCUT2D eigenvalue weighted by atomic mass is 32.2. The minimum absolute atomic E-state index is 0. The standard InChI is InChI=1S/C19H22N2O8S.C18H20N2O6.C13H9FN2O4.C4H11NO2.CH4.FH2N/c1-30(26,27)29-10-9-28-8-2-3-12-4-5-13-14(11-12)19(25)21(18(13)24)15-6-7-16(22)20-17(15)23;21-7-9-26-8-1-2-11-3-4-12-13(10-11)18(25)20(17(12)24)14-5-6-15(22)19-16(14)23;14-6-1-2-7-8(5-6)13(20)16(12(7)19)9-3-4-10(17)15-11(9)18;5-1-3-7-4-2-6;;1-2/h4-5,11,15H,2-3,6-10H2,1H3,(H,20,22,23);3-4,10,14,21H,1-2,5-9H2,(H,19,22,23);1-2,5,9H,3-4H2,(H,15,17,18);6H,1-5H2;1H4;2H2. The summed E-state index contributed by atoms with van der Waals surface area (Å²) in [5.41, 5.74) is 7.84. The Labute approximate surface area is 492 Å². The number of aliphatic hydroxyl groups excluding tert-OH is 2. The van der Waals surface area contributed by atoms with Crippen molar-refractivity contribution in [1.29, 1.82) is 0 Å². The Bertz CT molecular complexity index is 3160. The fourth-order valence-corrected chi connectivity index (χ4v) is 9.68. The van der Waals surface area contributed by atoms with E-state index in [0.29, 0.717) is 52.2 Å². The topological polar surface area (TPSA) is 414 Å². The van der Waals surface area contributed by atoms with Gasteiger partial charge < -0.3 is 30.2 Å². The van der Waals surface area contributed by atoms with E-state index in [0.717, 1.165) is 50.6 Å². The van der Waals surface area contributed by atoms with E-state index in [9.17, 15) is 70.3 Å². The molecule has 0 aliphatic carbocycles. The maximum absolute atomic E-state index is 13.2. The Kier molecular flexibility index (Phi) is 27.6. The molecule has 9 rings (SSSR count). The number of amides is 12. The van der Waals surface area contributed by atoms with Crippen LogP contribution in [-0.2, 0) is 70.1 Å². The zero-order valence-electron chi connectivity index (χ0n) is 46.0. The molecular formula is C55H68F2N8O20S. The smallest absolute Gasteiger partial charge is 0.264 e. The van der Waals surface area contributed by atoms with Crippen molar-refractivity contribution in [1.82, 2.24) is 30.7 Å². The van der Waals surface area contributed by atoms with Gasteiger partial charge in [-0.25, -0.2) is 4.39 Å². The summed E-state index contributed by atoms with van der Waals surface area (Å²) in [6.07, 6.45) is 4.12. The molecule has 0 bridgehead atoms. The zero-order chi connectivity index (χ0) is 62.5. The van der Waals surface area contributed by atoms with E-state index >= 15 is 0 Å². The summed E-state index contributed by atoms with van der Waals surface area (Å²) in [6.45, 7) is 2.78. The number of piperidine rings is 3. The predicted octanol–water partition coefficient (Wildman–Crippen LogP) is -0.311. The summed E-state index contributed by atoms with van der Waals surface area (Å²) in [5, 5.41) is 23.2. The third-order valence-corrected chi connectivity index (χ3v) is 13.8. The van der Waals surface area contributed by atoms with E-state index in [4.69, 9.17) is 34.6 Å². The number of hydrogen-bond acceptors (Lipinski definition) is 22. The number of aryl methyl sites for hydroxylation is 2. The van der Waals surface area contributed by atoms with E-state index in [1.807, 2.05) is 0 Å². The molecule has 0 spiro atoms. The highest BCUT2D eigenvalue weighted by Crippen LogP contribution is 2.31. The first-order valence-corrected chi connectivity index (χ1v) is 28.3. The van der Waals surface area contributed by atoms with E-state index < -0.39 is 105 Å². The molecule has 3 atom stereocenters. The molecule has 86 heavy (non-hydrogen) atoms. The number of carbonyl (C=O) groups is 12. The number of nitrogens with one attached hydrogen (secondary N) is 3. The van der Waals surface area contributed by atoms with Crippen molar-refractivity contribution in [2.45, 2.75) is 89.8 Å². The van der Waals surface area contributed by atoms with Crippen LogP contribution in [0.2, 0.25) is 0 Å². The van der Waals surface area contributed by atoms with Crippen LogP contribution in [0.15, 0.2) is 54.6 Å². The number of fused-ring (bicyclic) bond motifs is 3. The number of imide groups is 6. The van der Waals surface area contributed by atoms with Gasteiger partial charge >= 0.3 is 0 Å². The number of nitrogens with two attached hydrogens (primary N) is 2. The number of aliphatic hydroxyl groups is 2. The molecule has 3 saturated heterocycles. The second-order valence-corrected chi connectivity index (χ2v) is 20.7. The molecule has 9 N–H and O–H groups in total. The Morgan fingerprint density at radius 3 is 1.19 bits per heavy atom. The molecule has 3 fully saturated rings. The molecule has 12 amide bonds. The van der Waals surface area contributed by atoms with Crippen molar-refractivity contribution in [2.24, 2.45) is 11.7 Å². The number of nitrogens with zero attached hydrogens (tertiary/aromatic N) is 3. The summed E-state index contributed by atoms with van der Waals surface area (Å²) in [6, 6.07) is 10.3. The van der Waals surface area contributed by atoms with Gasteiger partial charge in [0.05, 0.1) is 85.9 Å². The minimum Gasteiger partial charge on any atom is -0.394 e. The first-order valence-electron chi connectivity index (χ1n) is 26.5. The van der Waals surface area contributed by atoms with E-state index in [-0.39, 0.29) is 112 Å². The van der Waals surface area contributed by atoms with Crippen LogP contribution < -0.4 is 27.6 Å². The molecule has 0 saturated carbocycles. The van der Waals surface area contributed by atoms with Crippen LogP contribution in [-0.4, -0.2) is 195 Å². The Morgan fingerprint density at radius 1 is 0.500 bits per heavy atom. The van der Waals surface area contributed by atoms with E-state index in [1.165, 1.54) is 6.07 Å². The van der Waals surface area contributed by atoms with Crippen LogP contribution in [0.3, 0.4) is 0 Å². The van der Waals surface area contributed by atoms with E-state index in [2.05, 4.69) is 26.1 Å². The highest BCUT2D eigenvalue weighted by Gasteiger charge is 2.47. The highest BCUT2D eigenvalue weighted by molar-refractivity contribution is 7.86. The first kappa shape index (κ1) is 70.5. The summed E-state index contributed by atoms with van der Waals surface area (Å²) in [7, 11) is -3.48. The lowest BCUT2D eigenvalue weighted by Crippen LogP contribution is -2.54. The maximum Gasteiger partial charge on any atom is 0.264 e. The van der Waals surface area contributed by atoms with Crippen LogP contribution in [0.25, 0.3) is 0 Å². The molecule has 3 aromatic rings. The summed E-state index contributed by atoms with van der Waals surface area (Å²) >= 11 is 0. The lowest BCUT2D eigenvalue weighted by Gasteiger charge is -2.27. The number of hydrogen-bond donors (Lipinski definition) is 7. The SMILES string of the molecule is C.CS(=O)(=O)OCCOCCCc1ccc2c(c1)C(=O)N(C1CCC(=O)NC1=O)C2=O.NCCOCCO.NF.O=C1CCC(N2C(=O)c3ccc(CCCOCCO)cc3C2=O)C(=O)N1.O=C1CCC(N2C(=O)c3ccc(F)cc3C2=O)C(=O)N1. The Hall–Kier alpha value is -8.01. The van der Waals surface area contributed by atoms with E-state index in [1.54, 1.807) is 36.4 Å². The van der Waals surface area contributed by atoms with Gasteiger partial charge in [0.15, 0.2) is 0 Å². The number of ether oxygens (including phenoxy) is 3.